The number of hydrazone groups is 1. The van der Waals surface area contributed by atoms with E-state index in [9.17, 15) is 4.79 Å². The van der Waals surface area contributed by atoms with Crippen LogP contribution in [-0.4, -0.2) is 11.6 Å². The molecule has 146 valence electrons. The number of rotatable bonds is 4. The van der Waals surface area contributed by atoms with Gasteiger partial charge in [0, 0.05) is 27.7 Å². The lowest BCUT2D eigenvalue weighted by Crippen LogP contribution is -2.37. The molecule has 4 nitrogen and oxygen atoms in total. The predicted molar refractivity (Wildman–Crippen MR) is 120 cm³/mol. The van der Waals surface area contributed by atoms with Crippen molar-refractivity contribution in [3.63, 3.8) is 0 Å². The average Bonchev–Trinajstić information content (AvgIpc) is 3.10. The van der Waals surface area contributed by atoms with Crippen LogP contribution in [0.15, 0.2) is 77.9 Å². The highest BCUT2D eigenvalue weighted by molar-refractivity contribution is 6.44. The molecule has 0 aliphatic carbocycles. The van der Waals surface area contributed by atoms with Gasteiger partial charge in [0.05, 0.1) is 5.69 Å². The van der Waals surface area contributed by atoms with Crippen molar-refractivity contribution in [2.75, 3.05) is 9.91 Å². The molecule has 0 amide bonds. The highest BCUT2D eigenvalue weighted by atomic mass is 35.5. The Labute approximate surface area is 183 Å². The Bertz CT molecular complexity index is 1060. The maximum Gasteiger partial charge on any atom is 0.198 e. The third-order valence-electron chi connectivity index (χ3n) is 4.59. The molecule has 3 aromatic carbocycles. The number of nitrogens with zero attached hydrogens (tertiary/aromatic N) is 3. The second kappa shape index (κ2) is 8.07. The molecule has 0 unspecified atom stereocenters. The second-order valence-electron chi connectivity index (χ2n) is 6.57. The van der Waals surface area contributed by atoms with Crippen LogP contribution in [0.3, 0.4) is 0 Å². The Morgan fingerprint density at radius 1 is 0.759 bits per heavy atom. The van der Waals surface area contributed by atoms with Crippen molar-refractivity contribution >= 4 is 57.8 Å². The van der Waals surface area contributed by atoms with Crippen LogP contribution in [0.25, 0.3) is 0 Å². The molecule has 3 aromatic rings. The number of ketones is 1. The minimum absolute atomic E-state index is 0.143. The van der Waals surface area contributed by atoms with Gasteiger partial charge in [-0.25, -0.2) is 5.01 Å². The van der Waals surface area contributed by atoms with Crippen LogP contribution in [0.2, 0.25) is 15.1 Å². The van der Waals surface area contributed by atoms with E-state index in [1.54, 1.807) is 24.3 Å². The van der Waals surface area contributed by atoms with Gasteiger partial charge in [-0.3, -0.25) is 9.69 Å². The molecule has 1 atom stereocenters. The normalized spacial score (nSPS) is 16.1. The van der Waals surface area contributed by atoms with Gasteiger partial charge in [-0.1, -0.05) is 46.9 Å². The first-order valence-corrected chi connectivity index (χ1v) is 10.0. The monoisotopic (exact) mass is 443 g/mol. The Balaban J connectivity index is 1.89. The number of hydrogen-bond acceptors (Lipinski definition) is 4. The van der Waals surface area contributed by atoms with Crippen LogP contribution < -0.4 is 9.91 Å². The van der Waals surface area contributed by atoms with Gasteiger partial charge in [-0.05, 0) is 66.2 Å². The van der Waals surface area contributed by atoms with Crippen LogP contribution in [0.1, 0.15) is 18.7 Å². The molecule has 0 aromatic heterocycles. The van der Waals surface area contributed by atoms with Crippen molar-refractivity contribution in [1.82, 2.24) is 0 Å². The molecule has 1 heterocycles. The highest BCUT2D eigenvalue weighted by Gasteiger charge is 2.39. The molecular weight excluding hydrogens is 429 g/mol. The number of carbonyl (C=O) groups excluding carboxylic acids is 1. The number of halogens is 3. The molecule has 1 aliphatic heterocycles. The largest absolute Gasteiger partial charge is 0.295 e. The molecule has 0 spiro atoms. The van der Waals surface area contributed by atoms with Gasteiger partial charge in [0.1, 0.15) is 0 Å². The summed E-state index contributed by atoms with van der Waals surface area (Å²) in [6.07, 6.45) is -0.381. The molecule has 1 aliphatic rings. The third-order valence-corrected chi connectivity index (χ3v) is 5.34. The zero-order valence-corrected chi connectivity index (χ0v) is 17.7. The maximum atomic E-state index is 12.5. The highest BCUT2D eigenvalue weighted by Crippen LogP contribution is 2.39. The summed E-state index contributed by atoms with van der Waals surface area (Å²) < 4.78 is 0. The van der Waals surface area contributed by atoms with Gasteiger partial charge < -0.3 is 0 Å². The Kier molecular flexibility index (Phi) is 5.50. The lowest BCUT2D eigenvalue weighted by atomic mass is 10.1. The Morgan fingerprint density at radius 2 is 1.21 bits per heavy atom. The summed E-state index contributed by atoms with van der Waals surface area (Å²) in [6.45, 7) is 1.51. The smallest absolute Gasteiger partial charge is 0.198 e. The standard InChI is InChI=1S/C22H16Cl3N3O/c1-14(29)21-26-28(20-12-8-18(25)9-13-20)22(15-2-4-16(23)5-3-15)27(21)19-10-6-17(24)7-11-19/h2-13,22H,1H3/t22-/m0/s1. The first-order chi connectivity index (χ1) is 13.9. The summed E-state index contributed by atoms with van der Waals surface area (Å²) in [6, 6.07) is 22.2. The van der Waals surface area contributed by atoms with Gasteiger partial charge >= 0.3 is 0 Å². The van der Waals surface area contributed by atoms with Gasteiger partial charge in [-0.2, -0.15) is 0 Å². The number of benzene rings is 3. The van der Waals surface area contributed by atoms with Crippen LogP contribution in [0.5, 0.6) is 0 Å². The molecule has 4 rings (SSSR count). The first-order valence-electron chi connectivity index (χ1n) is 8.88. The van der Waals surface area contributed by atoms with E-state index < -0.39 is 0 Å². The zero-order valence-electron chi connectivity index (χ0n) is 15.4. The quantitative estimate of drug-likeness (QED) is 0.456. The van der Waals surface area contributed by atoms with Crippen molar-refractivity contribution in [3.05, 3.63) is 93.4 Å². The van der Waals surface area contributed by atoms with E-state index in [0.29, 0.717) is 20.9 Å². The lowest BCUT2D eigenvalue weighted by Gasteiger charge is -2.32. The fourth-order valence-corrected chi connectivity index (χ4v) is 3.63. The van der Waals surface area contributed by atoms with E-state index in [1.165, 1.54) is 6.92 Å². The fraction of sp³-hybridized carbons (Fsp3) is 0.0909. The van der Waals surface area contributed by atoms with Gasteiger partial charge in [0.25, 0.3) is 0 Å². The fourth-order valence-electron chi connectivity index (χ4n) is 3.25. The van der Waals surface area contributed by atoms with Crippen LogP contribution in [-0.2, 0) is 4.79 Å². The van der Waals surface area contributed by atoms with Crippen LogP contribution >= 0.6 is 34.8 Å². The van der Waals surface area contributed by atoms with E-state index in [2.05, 4.69) is 5.10 Å². The maximum absolute atomic E-state index is 12.5. The molecular formula is C22H16Cl3N3O. The van der Waals surface area contributed by atoms with E-state index in [4.69, 9.17) is 34.8 Å². The number of anilines is 2. The first kappa shape index (κ1) is 19.8. The minimum Gasteiger partial charge on any atom is -0.295 e. The van der Waals surface area contributed by atoms with Crippen molar-refractivity contribution in [2.45, 2.75) is 13.1 Å². The van der Waals surface area contributed by atoms with E-state index in [0.717, 1.165) is 16.9 Å². The summed E-state index contributed by atoms with van der Waals surface area (Å²) in [4.78, 5) is 14.4. The van der Waals surface area contributed by atoms with Crippen molar-refractivity contribution in [1.29, 1.82) is 0 Å². The molecule has 0 bridgehead atoms. The van der Waals surface area contributed by atoms with Gasteiger partial charge in [-0.15, -0.1) is 5.10 Å². The van der Waals surface area contributed by atoms with E-state index in [-0.39, 0.29) is 11.9 Å². The van der Waals surface area contributed by atoms with Crippen molar-refractivity contribution < 1.29 is 4.79 Å². The van der Waals surface area contributed by atoms with Crippen molar-refractivity contribution in [3.8, 4) is 0 Å². The number of carbonyl (C=O) groups is 1. The van der Waals surface area contributed by atoms with Gasteiger partial charge in [0.2, 0.25) is 0 Å². The third kappa shape index (κ3) is 3.97. The number of amidine groups is 1. The second-order valence-corrected chi connectivity index (χ2v) is 7.88. The summed E-state index contributed by atoms with van der Waals surface area (Å²) in [7, 11) is 0. The molecule has 0 N–H and O–H groups in total. The molecule has 0 saturated carbocycles. The predicted octanol–water partition coefficient (Wildman–Crippen LogP) is 6.57. The zero-order chi connectivity index (χ0) is 20.5. The molecule has 7 heteroatoms. The van der Waals surface area contributed by atoms with Crippen molar-refractivity contribution in [2.24, 2.45) is 5.10 Å². The van der Waals surface area contributed by atoms with Crippen LogP contribution in [0.4, 0.5) is 11.4 Å². The molecule has 0 radical (unpaired) electrons. The topological polar surface area (TPSA) is 35.9 Å². The van der Waals surface area contributed by atoms with Crippen LogP contribution in [0, 0.1) is 0 Å². The summed E-state index contributed by atoms with van der Waals surface area (Å²) in [5.41, 5.74) is 2.55. The summed E-state index contributed by atoms with van der Waals surface area (Å²) >= 11 is 18.2. The number of Topliss-reactive ketones (excluding diaryl/α,β-unsaturated/α-hetero) is 1. The van der Waals surface area contributed by atoms with E-state index in [1.807, 2.05) is 58.4 Å². The summed E-state index contributed by atoms with van der Waals surface area (Å²) in [5, 5.41) is 8.35. The minimum atomic E-state index is -0.381. The average molecular weight is 445 g/mol. The summed E-state index contributed by atoms with van der Waals surface area (Å²) in [5.74, 6) is 0.192. The number of hydrogen-bond donors (Lipinski definition) is 0. The Hall–Kier alpha value is -2.53. The van der Waals surface area contributed by atoms with E-state index >= 15 is 0 Å². The molecule has 0 saturated heterocycles. The molecule has 29 heavy (non-hydrogen) atoms. The van der Waals surface area contributed by atoms with Gasteiger partial charge in [0.15, 0.2) is 17.8 Å². The lowest BCUT2D eigenvalue weighted by molar-refractivity contribution is -0.111. The SMILES string of the molecule is CC(=O)C1=NN(c2ccc(Cl)cc2)[C@@H](c2ccc(Cl)cc2)N1c1ccc(Cl)cc1. The Morgan fingerprint density at radius 3 is 1.69 bits per heavy atom. The molecule has 0 fully saturated rings.